The summed E-state index contributed by atoms with van der Waals surface area (Å²) in [6.45, 7) is 1.38. The largest absolute Gasteiger partial charge is 0.379 e. The van der Waals surface area contributed by atoms with E-state index >= 15 is 0 Å². The number of rotatable bonds is 5. The van der Waals surface area contributed by atoms with E-state index in [-0.39, 0.29) is 10.6 Å². The zero-order valence-corrected chi connectivity index (χ0v) is 16.4. The number of hydrogen-bond donors (Lipinski definition) is 2. The van der Waals surface area contributed by atoms with Crippen molar-refractivity contribution < 1.29 is 17.9 Å². The molecule has 4 rings (SSSR count). The van der Waals surface area contributed by atoms with Gasteiger partial charge in [-0.2, -0.15) is 9.40 Å². The van der Waals surface area contributed by atoms with Crippen LogP contribution in [0.5, 0.6) is 0 Å². The van der Waals surface area contributed by atoms with Gasteiger partial charge in [0.05, 0.1) is 23.8 Å². The fourth-order valence-corrected chi connectivity index (χ4v) is 4.52. The topological polar surface area (TPSA) is 104 Å². The molecule has 1 aliphatic rings. The Labute approximate surface area is 168 Å². The molecular formula is C20H20N4O4S. The molecule has 150 valence electrons. The van der Waals surface area contributed by atoms with Gasteiger partial charge in [0, 0.05) is 24.3 Å². The maximum Gasteiger partial charge on any atom is 0.273 e. The number of amides is 1. The zero-order chi connectivity index (χ0) is 20.3. The van der Waals surface area contributed by atoms with Crippen molar-refractivity contribution in [2.24, 2.45) is 0 Å². The molecular weight excluding hydrogens is 392 g/mol. The minimum atomic E-state index is -3.64. The van der Waals surface area contributed by atoms with E-state index in [1.54, 1.807) is 18.2 Å². The highest BCUT2D eigenvalue weighted by atomic mass is 32.2. The van der Waals surface area contributed by atoms with E-state index in [9.17, 15) is 13.2 Å². The SMILES string of the molecule is O=C(Nc1cccc(S(=O)(=O)N2CCOCC2)c1)c1cc(-c2ccccc2)n[nH]1. The molecule has 1 saturated heterocycles. The smallest absolute Gasteiger partial charge is 0.273 e. The number of hydrogen-bond acceptors (Lipinski definition) is 5. The van der Waals surface area contributed by atoms with Crippen molar-refractivity contribution in [1.29, 1.82) is 0 Å². The highest BCUT2D eigenvalue weighted by Gasteiger charge is 2.26. The first-order valence-corrected chi connectivity index (χ1v) is 10.6. The standard InChI is InChI=1S/C20H20N4O4S/c25-20(19-14-18(22-23-19)15-5-2-1-3-6-15)21-16-7-4-8-17(13-16)29(26,27)24-9-11-28-12-10-24/h1-8,13-14H,9-12H2,(H,21,25)(H,22,23). The van der Waals surface area contributed by atoms with Crippen LogP contribution in [-0.2, 0) is 14.8 Å². The van der Waals surface area contributed by atoms with Crippen LogP contribution in [0.3, 0.4) is 0 Å². The van der Waals surface area contributed by atoms with Crippen LogP contribution in [0, 0.1) is 0 Å². The third-order valence-electron chi connectivity index (χ3n) is 4.59. The number of sulfonamides is 1. The molecule has 8 nitrogen and oxygen atoms in total. The summed E-state index contributed by atoms with van der Waals surface area (Å²) in [5, 5.41) is 9.61. The Kier molecular flexibility index (Phi) is 5.43. The summed E-state index contributed by atoms with van der Waals surface area (Å²) in [4.78, 5) is 12.7. The number of carbonyl (C=O) groups excluding carboxylic acids is 1. The van der Waals surface area contributed by atoms with E-state index in [0.717, 1.165) is 5.56 Å². The van der Waals surface area contributed by atoms with Crippen LogP contribution in [0.2, 0.25) is 0 Å². The Balaban J connectivity index is 1.51. The number of morpholine rings is 1. The molecule has 0 bridgehead atoms. The Bertz CT molecular complexity index is 1110. The summed E-state index contributed by atoms with van der Waals surface area (Å²) in [5.41, 5.74) is 2.21. The molecule has 0 unspecified atom stereocenters. The van der Waals surface area contributed by atoms with Gasteiger partial charge < -0.3 is 10.1 Å². The second-order valence-corrected chi connectivity index (χ2v) is 8.47. The van der Waals surface area contributed by atoms with Crippen LogP contribution in [0.15, 0.2) is 65.6 Å². The van der Waals surface area contributed by atoms with Gasteiger partial charge in [-0.3, -0.25) is 9.89 Å². The average molecular weight is 412 g/mol. The summed E-state index contributed by atoms with van der Waals surface area (Å²) >= 11 is 0. The lowest BCUT2D eigenvalue weighted by molar-refractivity contribution is 0.0730. The first kappa shape index (κ1) is 19.3. The summed E-state index contributed by atoms with van der Waals surface area (Å²) < 4.78 is 32.2. The molecule has 9 heteroatoms. The monoisotopic (exact) mass is 412 g/mol. The normalized spacial score (nSPS) is 15.2. The number of carbonyl (C=O) groups is 1. The van der Waals surface area contributed by atoms with E-state index in [4.69, 9.17) is 4.74 Å². The minimum absolute atomic E-state index is 0.131. The van der Waals surface area contributed by atoms with Crippen LogP contribution < -0.4 is 5.32 Å². The maximum absolute atomic E-state index is 12.8. The van der Waals surface area contributed by atoms with Gasteiger partial charge >= 0.3 is 0 Å². The minimum Gasteiger partial charge on any atom is -0.379 e. The Morgan fingerprint density at radius 3 is 2.55 bits per heavy atom. The van der Waals surface area contributed by atoms with Gasteiger partial charge in [0.25, 0.3) is 5.91 Å². The number of nitrogens with one attached hydrogen (secondary N) is 2. The summed E-state index contributed by atoms with van der Waals surface area (Å²) in [5.74, 6) is -0.402. The number of aromatic amines is 1. The van der Waals surface area contributed by atoms with E-state index < -0.39 is 15.9 Å². The number of aromatic nitrogens is 2. The summed E-state index contributed by atoms with van der Waals surface area (Å²) in [6.07, 6.45) is 0. The van der Waals surface area contributed by atoms with Crippen LogP contribution in [0.4, 0.5) is 5.69 Å². The second kappa shape index (κ2) is 8.16. The molecule has 0 spiro atoms. The number of benzene rings is 2. The van der Waals surface area contributed by atoms with E-state index in [1.165, 1.54) is 16.4 Å². The molecule has 0 saturated carbocycles. The number of nitrogens with zero attached hydrogens (tertiary/aromatic N) is 2. The quantitative estimate of drug-likeness (QED) is 0.669. The molecule has 3 aromatic rings. The third-order valence-corrected chi connectivity index (χ3v) is 6.49. The summed E-state index contributed by atoms with van der Waals surface area (Å²) in [7, 11) is -3.64. The van der Waals surface area contributed by atoms with Crippen LogP contribution >= 0.6 is 0 Å². The third kappa shape index (κ3) is 4.21. The van der Waals surface area contributed by atoms with Crippen molar-refractivity contribution in [3.8, 4) is 11.3 Å². The first-order chi connectivity index (χ1) is 14.0. The Hall–Kier alpha value is -3.01. The van der Waals surface area contributed by atoms with E-state index in [1.807, 2.05) is 30.3 Å². The molecule has 0 radical (unpaired) electrons. The highest BCUT2D eigenvalue weighted by molar-refractivity contribution is 7.89. The van der Waals surface area contributed by atoms with Gasteiger partial charge in [-0.05, 0) is 24.3 Å². The second-order valence-electron chi connectivity index (χ2n) is 6.53. The average Bonchev–Trinajstić information content (AvgIpc) is 3.26. The lowest BCUT2D eigenvalue weighted by atomic mass is 10.1. The van der Waals surface area contributed by atoms with E-state index in [0.29, 0.717) is 37.7 Å². The first-order valence-electron chi connectivity index (χ1n) is 9.14. The van der Waals surface area contributed by atoms with Gasteiger partial charge in [-0.25, -0.2) is 8.42 Å². The van der Waals surface area contributed by atoms with Crippen molar-refractivity contribution in [2.45, 2.75) is 4.90 Å². The van der Waals surface area contributed by atoms with Crippen molar-refractivity contribution >= 4 is 21.6 Å². The number of ether oxygens (including phenoxy) is 1. The molecule has 1 fully saturated rings. The van der Waals surface area contributed by atoms with Crippen molar-refractivity contribution in [3.63, 3.8) is 0 Å². The molecule has 2 heterocycles. The molecule has 2 N–H and O–H groups in total. The fourth-order valence-electron chi connectivity index (χ4n) is 3.06. The van der Waals surface area contributed by atoms with Crippen molar-refractivity contribution in [3.05, 3.63) is 66.4 Å². The molecule has 0 atom stereocenters. The van der Waals surface area contributed by atoms with Gasteiger partial charge in [-0.1, -0.05) is 36.4 Å². The van der Waals surface area contributed by atoms with Gasteiger partial charge in [0.1, 0.15) is 5.69 Å². The zero-order valence-electron chi connectivity index (χ0n) is 15.5. The van der Waals surface area contributed by atoms with Crippen molar-refractivity contribution in [1.82, 2.24) is 14.5 Å². The Morgan fingerprint density at radius 2 is 1.79 bits per heavy atom. The van der Waals surface area contributed by atoms with Gasteiger partial charge in [-0.15, -0.1) is 0 Å². The van der Waals surface area contributed by atoms with Gasteiger partial charge in [0.15, 0.2) is 0 Å². The Morgan fingerprint density at radius 1 is 1.03 bits per heavy atom. The fraction of sp³-hybridized carbons (Fsp3) is 0.200. The highest BCUT2D eigenvalue weighted by Crippen LogP contribution is 2.22. The molecule has 29 heavy (non-hydrogen) atoms. The number of anilines is 1. The molecule has 2 aromatic carbocycles. The molecule has 1 amide bonds. The maximum atomic E-state index is 12.8. The number of H-pyrrole nitrogens is 1. The molecule has 1 aromatic heterocycles. The van der Waals surface area contributed by atoms with Crippen LogP contribution in [0.25, 0.3) is 11.3 Å². The van der Waals surface area contributed by atoms with Crippen LogP contribution in [0.1, 0.15) is 10.5 Å². The van der Waals surface area contributed by atoms with E-state index in [2.05, 4.69) is 15.5 Å². The predicted octanol–water partition coefficient (Wildman–Crippen LogP) is 2.35. The molecule has 0 aliphatic carbocycles. The predicted molar refractivity (Wildman–Crippen MR) is 108 cm³/mol. The van der Waals surface area contributed by atoms with Crippen LogP contribution in [-0.4, -0.2) is 55.1 Å². The van der Waals surface area contributed by atoms with Gasteiger partial charge in [0.2, 0.25) is 10.0 Å². The lowest BCUT2D eigenvalue weighted by Crippen LogP contribution is -2.40. The van der Waals surface area contributed by atoms with Crippen molar-refractivity contribution in [2.75, 3.05) is 31.6 Å². The summed E-state index contributed by atoms with van der Waals surface area (Å²) in [6, 6.07) is 17.4. The molecule has 1 aliphatic heterocycles. The lowest BCUT2D eigenvalue weighted by Gasteiger charge is -2.26.